The quantitative estimate of drug-likeness (QED) is 0.842. The van der Waals surface area contributed by atoms with Crippen LogP contribution in [0.2, 0.25) is 5.02 Å². The van der Waals surface area contributed by atoms with E-state index in [2.05, 4.69) is 5.32 Å². The molecule has 78 valence electrons. The summed E-state index contributed by atoms with van der Waals surface area (Å²) < 4.78 is 0. The van der Waals surface area contributed by atoms with Gasteiger partial charge in [0.25, 0.3) is 0 Å². The van der Waals surface area contributed by atoms with Crippen molar-refractivity contribution < 1.29 is 4.79 Å². The van der Waals surface area contributed by atoms with Crippen LogP contribution in [0.25, 0.3) is 0 Å². The molecule has 14 heavy (non-hydrogen) atoms. The van der Waals surface area contributed by atoms with Crippen molar-refractivity contribution in [1.29, 1.82) is 0 Å². The van der Waals surface area contributed by atoms with Gasteiger partial charge in [0.2, 0.25) is 5.91 Å². The molecule has 0 aliphatic carbocycles. The minimum absolute atomic E-state index is 0. The largest absolute Gasteiger partial charge is 0.330 e. The Bertz CT molecular complexity index is 305. The molecule has 1 amide bonds. The number of carbonyl (C=O) groups excluding carboxylic acids is 1. The van der Waals surface area contributed by atoms with Crippen LogP contribution < -0.4 is 11.1 Å². The topological polar surface area (TPSA) is 55.1 Å². The van der Waals surface area contributed by atoms with Gasteiger partial charge in [0.15, 0.2) is 0 Å². The predicted molar refractivity (Wildman–Crippen MR) is 61.0 cm³/mol. The first-order chi connectivity index (χ1) is 6.22. The van der Waals surface area contributed by atoms with Crippen LogP contribution in [0, 0.1) is 0 Å². The van der Waals surface area contributed by atoms with E-state index >= 15 is 0 Å². The molecule has 1 aromatic carbocycles. The van der Waals surface area contributed by atoms with Gasteiger partial charge in [-0.3, -0.25) is 4.79 Å². The molecule has 3 N–H and O–H groups in total. The van der Waals surface area contributed by atoms with E-state index in [1.165, 1.54) is 0 Å². The summed E-state index contributed by atoms with van der Waals surface area (Å²) in [6.45, 7) is 0.354. The Hall–Kier alpha value is -0.770. The monoisotopic (exact) mass is 234 g/mol. The standard InChI is InChI=1S/C9H11ClN2O.ClH/c10-7-2-1-3-8(6-7)12-9(13)4-5-11;/h1-3,6H,4-5,11H2,(H,12,13);1H. The second-order valence-corrected chi connectivity index (χ2v) is 3.03. The van der Waals surface area contributed by atoms with E-state index in [9.17, 15) is 4.79 Å². The maximum atomic E-state index is 11.1. The number of anilines is 1. The summed E-state index contributed by atoms with van der Waals surface area (Å²) in [7, 11) is 0. The lowest BCUT2D eigenvalue weighted by Crippen LogP contribution is -2.15. The number of halogens is 2. The number of carbonyl (C=O) groups is 1. The molecule has 0 saturated carbocycles. The zero-order valence-electron chi connectivity index (χ0n) is 7.50. The molecule has 0 radical (unpaired) electrons. The Kier molecular flexibility index (Phi) is 6.28. The average Bonchev–Trinajstić information content (AvgIpc) is 2.04. The summed E-state index contributed by atoms with van der Waals surface area (Å²) in [5, 5.41) is 3.28. The van der Waals surface area contributed by atoms with E-state index in [1.54, 1.807) is 24.3 Å². The number of hydrogen-bond donors (Lipinski definition) is 2. The third-order valence-corrected chi connectivity index (χ3v) is 1.71. The van der Waals surface area contributed by atoms with Gasteiger partial charge in [-0.05, 0) is 18.2 Å². The molecular formula is C9H12Cl2N2O. The van der Waals surface area contributed by atoms with Gasteiger partial charge in [-0.15, -0.1) is 12.4 Å². The normalized spacial score (nSPS) is 9.00. The van der Waals surface area contributed by atoms with Crippen molar-refractivity contribution in [1.82, 2.24) is 0 Å². The fraction of sp³-hybridized carbons (Fsp3) is 0.222. The lowest BCUT2D eigenvalue weighted by Gasteiger charge is -2.03. The van der Waals surface area contributed by atoms with Crippen LogP contribution in [-0.2, 0) is 4.79 Å². The van der Waals surface area contributed by atoms with Crippen molar-refractivity contribution in [2.75, 3.05) is 11.9 Å². The lowest BCUT2D eigenvalue weighted by molar-refractivity contribution is -0.116. The summed E-state index contributed by atoms with van der Waals surface area (Å²) in [4.78, 5) is 11.1. The number of benzene rings is 1. The molecule has 0 fully saturated rings. The van der Waals surface area contributed by atoms with Gasteiger partial charge in [0.1, 0.15) is 0 Å². The highest BCUT2D eigenvalue weighted by Crippen LogP contribution is 2.14. The van der Waals surface area contributed by atoms with Crippen molar-refractivity contribution >= 4 is 35.6 Å². The second-order valence-electron chi connectivity index (χ2n) is 2.60. The van der Waals surface area contributed by atoms with E-state index in [0.717, 1.165) is 0 Å². The molecule has 0 atom stereocenters. The summed E-state index contributed by atoms with van der Waals surface area (Å²) in [6, 6.07) is 7.00. The van der Waals surface area contributed by atoms with Crippen LogP contribution in [0.5, 0.6) is 0 Å². The minimum Gasteiger partial charge on any atom is -0.330 e. The van der Waals surface area contributed by atoms with Gasteiger partial charge in [-0.1, -0.05) is 17.7 Å². The Morgan fingerprint density at radius 3 is 2.79 bits per heavy atom. The Balaban J connectivity index is 0.00000169. The summed E-state index contributed by atoms with van der Waals surface area (Å²) >= 11 is 5.73. The van der Waals surface area contributed by atoms with Crippen LogP contribution in [0.1, 0.15) is 6.42 Å². The molecule has 3 nitrogen and oxygen atoms in total. The zero-order chi connectivity index (χ0) is 9.68. The lowest BCUT2D eigenvalue weighted by atomic mass is 10.3. The third-order valence-electron chi connectivity index (χ3n) is 1.48. The first-order valence-corrected chi connectivity index (χ1v) is 4.35. The second kappa shape index (κ2) is 6.65. The highest BCUT2D eigenvalue weighted by atomic mass is 35.5. The summed E-state index contributed by atoms with van der Waals surface area (Å²) in [5.41, 5.74) is 5.93. The van der Waals surface area contributed by atoms with Gasteiger partial charge >= 0.3 is 0 Å². The third kappa shape index (κ3) is 4.46. The Morgan fingerprint density at radius 1 is 1.50 bits per heavy atom. The molecule has 0 saturated heterocycles. The van der Waals surface area contributed by atoms with E-state index in [4.69, 9.17) is 17.3 Å². The summed E-state index contributed by atoms with van der Waals surface area (Å²) in [5.74, 6) is -0.0928. The minimum atomic E-state index is -0.0928. The zero-order valence-corrected chi connectivity index (χ0v) is 9.07. The van der Waals surface area contributed by atoms with Crippen molar-refractivity contribution in [2.24, 2.45) is 5.73 Å². The SMILES string of the molecule is Cl.NCCC(=O)Nc1cccc(Cl)c1. The van der Waals surface area contributed by atoms with Crippen LogP contribution in [0.3, 0.4) is 0 Å². The molecule has 5 heteroatoms. The Labute approximate surface area is 94.0 Å². The first kappa shape index (κ1) is 13.2. The van der Waals surface area contributed by atoms with Gasteiger partial charge in [0.05, 0.1) is 0 Å². The molecule has 0 aliphatic heterocycles. The van der Waals surface area contributed by atoms with E-state index < -0.39 is 0 Å². The maximum Gasteiger partial charge on any atom is 0.225 e. The fourth-order valence-corrected chi connectivity index (χ4v) is 1.11. The van der Waals surface area contributed by atoms with Crippen LogP contribution in [0.15, 0.2) is 24.3 Å². The van der Waals surface area contributed by atoms with Gasteiger partial charge in [-0.2, -0.15) is 0 Å². The van der Waals surface area contributed by atoms with Crippen LogP contribution in [-0.4, -0.2) is 12.5 Å². The van der Waals surface area contributed by atoms with Crippen molar-refractivity contribution in [3.8, 4) is 0 Å². The van der Waals surface area contributed by atoms with E-state index in [-0.39, 0.29) is 18.3 Å². The summed E-state index contributed by atoms with van der Waals surface area (Å²) in [6.07, 6.45) is 0.326. The molecule has 0 aromatic heterocycles. The van der Waals surface area contributed by atoms with E-state index in [0.29, 0.717) is 23.7 Å². The molecule has 0 aliphatic rings. The molecule has 1 aromatic rings. The Morgan fingerprint density at radius 2 is 2.21 bits per heavy atom. The predicted octanol–water partition coefficient (Wildman–Crippen LogP) is 2.05. The fourth-order valence-electron chi connectivity index (χ4n) is 0.921. The molecule has 0 bridgehead atoms. The van der Waals surface area contributed by atoms with Gasteiger partial charge in [0, 0.05) is 23.7 Å². The van der Waals surface area contributed by atoms with Crippen LogP contribution >= 0.6 is 24.0 Å². The number of rotatable bonds is 3. The highest BCUT2D eigenvalue weighted by molar-refractivity contribution is 6.30. The molecular weight excluding hydrogens is 223 g/mol. The van der Waals surface area contributed by atoms with Crippen molar-refractivity contribution in [2.45, 2.75) is 6.42 Å². The number of amides is 1. The van der Waals surface area contributed by atoms with Crippen molar-refractivity contribution in [3.05, 3.63) is 29.3 Å². The smallest absolute Gasteiger partial charge is 0.225 e. The number of nitrogens with two attached hydrogens (primary N) is 1. The molecule has 0 spiro atoms. The molecule has 1 rings (SSSR count). The number of hydrogen-bond acceptors (Lipinski definition) is 2. The van der Waals surface area contributed by atoms with E-state index in [1.807, 2.05) is 0 Å². The maximum absolute atomic E-state index is 11.1. The molecule has 0 unspecified atom stereocenters. The van der Waals surface area contributed by atoms with Crippen molar-refractivity contribution in [3.63, 3.8) is 0 Å². The van der Waals surface area contributed by atoms with Crippen LogP contribution in [0.4, 0.5) is 5.69 Å². The number of nitrogens with one attached hydrogen (secondary N) is 1. The van der Waals surface area contributed by atoms with Gasteiger partial charge < -0.3 is 11.1 Å². The highest BCUT2D eigenvalue weighted by Gasteiger charge is 2.00. The average molecular weight is 235 g/mol. The molecule has 0 heterocycles. The van der Waals surface area contributed by atoms with Gasteiger partial charge in [-0.25, -0.2) is 0 Å². The first-order valence-electron chi connectivity index (χ1n) is 3.98.